The van der Waals surface area contributed by atoms with Gasteiger partial charge >= 0.3 is 11.7 Å². The molecule has 0 spiro atoms. The Balaban J connectivity index is 2.34. The number of aliphatic carboxylic acids is 1. The highest BCUT2D eigenvalue weighted by Gasteiger charge is 2.12. The Labute approximate surface area is 119 Å². The van der Waals surface area contributed by atoms with Gasteiger partial charge in [0.1, 0.15) is 0 Å². The standard InChI is InChI=1S/C13H15N3O3S/c1-8(2)9-3-5-10(6-4-9)16-12(19)14-15-13(16)20-7-11(17)18/h3-6,8H,7H2,1-2H3,(H,14,19)(H,17,18). The second-order valence-corrected chi connectivity index (χ2v) is 5.52. The summed E-state index contributed by atoms with van der Waals surface area (Å²) in [6, 6.07) is 7.56. The summed E-state index contributed by atoms with van der Waals surface area (Å²) in [5, 5.41) is 15.2. The minimum Gasteiger partial charge on any atom is -0.481 e. The molecule has 0 atom stereocenters. The molecular weight excluding hydrogens is 278 g/mol. The van der Waals surface area contributed by atoms with Gasteiger partial charge in [-0.1, -0.05) is 37.7 Å². The lowest BCUT2D eigenvalue weighted by molar-refractivity contribution is -0.133. The van der Waals surface area contributed by atoms with Crippen LogP contribution in [0.1, 0.15) is 25.3 Å². The van der Waals surface area contributed by atoms with Crippen LogP contribution in [0.3, 0.4) is 0 Å². The van der Waals surface area contributed by atoms with Crippen LogP contribution in [-0.4, -0.2) is 31.6 Å². The van der Waals surface area contributed by atoms with Crippen molar-refractivity contribution < 1.29 is 9.90 Å². The van der Waals surface area contributed by atoms with E-state index in [1.165, 1.54) is 10.1 Å². The Kier molecular flexibility index (Phi) is 4.29. The van der Waals surface area contributed by atoms with Gasteiger partial charge in [0.15, 0.2) is 5.16 Å². The first-order valence-corrected chi connectivity index (χ1v) is 7.10. The molecule has 0 bridgehead atoms. The van der Waals surface area contributed by atoms with Crippen molar-refractivity contribution in [3.63, 3.8) is 0 Å². The molecule has 6 nitrogen and oxygen atoms in total. The number of carboxylic acids is 1. The topological polar surface area (TPSA) is 88.0 Å². The summed E-state index contributed by atoms with van der Waals surface area (Å²) in [6.07, 6.45) is 0. The number of nitrogens with one attached hydrogen (secondary N) is 1. The third-order valence-electron chi connectivity index (χ3n) is 2.78. The monoisotopic (exact) mass is 293 g/mol. The number of aromatic nitrogens is 3. The van der Waals surface area contributed by atoms with Gasteiger partial charge in [0, 0.05) is 0 Å². The van der Waals surface area contributed by atoms with E-state index >= 15 is 0 Å². The summed E-state index contributed by atoms with van der Waals surface area (Å²) in [6.45, 7) is 4.18. The van der Waals surface area contributed by atoms with Crippen molar-refractivity contribution in [3.8, 4) is 5.69 Å². The molecule has 20 heavy (non-hydrogen) atoms. The van der Waals surface area contributed by atoms with Gasteiger partial charge in [0.25, 0.3) is 0 Å². The molecule has 0 radical (unpaired) electrons. The molecule has 0 amide bonds. The van der Waals surface area contributed by atoms with Gasteiger partial charge < -0.3 is 5.11 Å². The van der Waals surface area contributed by atoms with Crippen LogP contribution in [-0.2, 0) is 4.79 Å². The molecule has 106 valence electrons. The summed E-state index contributed by atoms with van der Waals surface area (Å²) in [4.78, 5) is 22.4. The van der Waals surface area contributed by atoms with Crippen molar-refractivity contribution in [2.24, 2.45) is 0 Å². The molecule has 0 aliphatic heterocycles. The second kappa shape index (κ2) is 5.96. The van der Waals surface area contributed by atoms with Crippen molar-refractivity contribution >= 4 is 17.7 Å². The molecule has 2 N–H and O–H groups in total. The lowest BCUT2D eigenvalue weighted by atomic mass is 10.0. The zero-order valence-electron chi connectivity index (χ0n) is 11.2. The first-order chi connectivity index (χ1) is 9.49. The molecule has 1 heterocycles. The highest BCUT2D eigenvalue weighted by molar-refractivity contribution is 7.99. The van der Waals surface area contributed by atoms with Gasteiger partial charge in [-0.2, -0.15) is 0 Å². The van der Waals surface area contributed by atoms with Crippen LogP contribution in [0.5, 0.6) is 0 Å². The van der Waals surface area contributed by atoms with Crippen LogP contribution in [0.4, 0.5) is 0 Å². The van der Waals surface area contributed by atoms with E-state index in [9.17, 15) is 9.59 Å². The second-order valence-electron chi connectivity index (χ2n) is 4.58. The fraction of sp³-hybridized carbons (Fsp3) is 0.308. The van der Waals surface area contributed by atoms with Gasteiger partial charge in [-0.25, -0.2) is 14.5 Å². The molecule has 0 aliphatic carbocycles. The van der Waals surface area contributed by atoms with E-state index in [1.807, 2.05) is 24.3 Å². The average molecular weight is 293 g/mol. The van der Waals surface area contributed by atoms with E-state index in [0.717, 1.165) is 11.8 Å². The molecular formula is C13H15N3O3S. The minimum absolute atomic E-state index is 0.144. The first-order valence-electron chi connectivity index (χ1n) is 6.11. The summed E-state index contributed by atoms with van der Waals surface area (Å²) in [5.41, 5.74) is 1.46. The van der Waals surface area contributed by atoms with Crippen molar-refractivity contribution in [1.82, 2.24) is 14.8 Å². The predicted octanol–water partition coefficient (Wildman–Crippen LogP) is 1.86. The first kappa shape index (κ1) is 14.4. The van der Waals surface area contributed by atoms with Crippen LogP contribution in [0.2, 0.25) is 0 Å². The number of H-pyrrole nitrogens is 1. The van der Waals surface area contributed by atoms with E-state index in [1.54, 1.807) is 0 Å². The van der Waals surface area contributed by atoms with Crippen LogP contribution in [0.25, 0.3) is 5.69 Å². The van der Waals surface area contributed by atoms with Crippen molar-refractivity contribution in [2.45, 2.75) is 24.9 Å². The fourth-order valence-electron chi connectivity index (χ4n) is 1.74. The van der Waals surface area contributed by atoms with Crippen LogP contribution in [0, 0.1) is 0 Å². The summed E-state index contributed by atoms with van der Waals surface area (Å²) in [7, 11) is 0. The number of benzene rings is 1. The quantitative estimate of drug-likeness (QED) is 0.822. The smallest absolute Gasteiger partial charge is 0.348 e. The largest absolute Gasteiger partial charge is 0.481 e. The number of nitrogens with zero attached hydrogens (tertiary/aromatic N) is 2. The normalized spacial score (nSPS) is 10.9. The Morgan fingerprint density at radius 2 is 2.05 bits per heavy atom. The molecule has 0 saturated heterocycles. The number of hydrogen-bond acceptors (Lipinski definition) is 4. The number of hydrogen-bond donors (Lipinski definition) is 2. The van der Waals surface area contributed by atoms with Crippen molar-refractivity contribution in [2.75, 3.05) is 5.75 Å². The Bertz CT molecular complexity index is 658. The molecule has 2 aromatic rings. The molecule has 0 fully saturated rings. The minimum atomic E-state index is -0.952. The third kappa shape index (κ3) is 3.11. The molecule has 1 aromatic carbocycles. The van der Waals surface area contributed by atoms with Gasteiger partial charge in [-0.05, 0) is 23.6 Å². The van der Waals surface area contributed by atoms with Gasteiger partial charge in [-0.15, -0.1) is 5.10 Å². The molecule has 7 heteroatoms. The number of carbonyl (C=O) groups is 1. The van der Waals surface area contributed by atoms with E-state index in [0.29, 0.717) is 16.8 Å². The molecule has 1 aromatic heterocycles. The van der Waals surface area contributed by atoms with E-state index in [2.05, 4.69) is 24.0 Å². The van der Waals surface area contributed by atoms with Gasteiger partial charge in [-0.3, -0.25) is 4.79 Å². The maximum Gasteiger partial charge on any atom is 0.348 e. The number of thioether (sulfide) groups is 1. The van der Waals surface area contributed by atoms with Crippen molar-refractivity contribution in [1.29, 1.82) is 0 Å². The van der Waals surface area contributed by atoms with Crippen LogP contribution < -0.4 is 5.69 Å². The number of aromatic amines is 1. The molecule has 2 rings (SSSR count). The molecule has 0 saturated carbocycles. The lowest BCUT2D eigenvalue weighted by Crippen LogP contribution is -2.16. The Morgan fingerprint density at radius 3 is 2.60 bits per heavy atom. The summed E-state index contributed by atoms with van der Waals surface area (Å²) in [5.74, 6) is -0.688. The fourth-order valence-corrected chi connectivity index (χ4v) is 2.42. The van der Waals surface area contributed by atoms with Crippen molar-refractivity contribution in [3.05, 3.63) is 40.3 Å². The van der Waals surface area contributed by atoms with E-state index in [4.69, 9.17) is 5.11 Å². The lowest BCUT2D eigenvalue weighted by Gasteiger charge is -2.08. The van der Waals surface area contributed by atoms with Crippen LogP contribution in [0.15, 0.2) is 34.2 Å². The molecule has 0 aliphatic rings. The number of carboxylic acid groups (broad SMARTS) is 1. The van der Waals surface area contributed by atoms with Gasteiger partial charge in [0.2, 0.25) is 0 Å². The predicted molar refractivity (Wildman–Crippen MR) is 76.6 cm³/mol. The maximum atomic E-state index is 11.8. The SMILES string of the molecule is CC(C)c1ccc(-n2c(SCC(=O)O)n[nH]c2=O)cc1. The average Bonchev–Trinajstić information content (AvgIpc) is 2.77. The number of rotatable bonds is 5. The highest BCUT2D eigenvalue weighted by atomic mass is 32.2. The van der Waals surface area contributed by atoms with Crippen LogP contribution >= 0.6 is 11.8 Å². The zero-order valence-corrected chi connectivity index (χ0v) is 12.0. The van der Waals surface area contributed by atoms with E-state index < -0.39 is 5.97 Å². The highest BCUT2D eigenvalue weighted by Crippen LogP contribution is 2.20. The third-order valence-corrected chi connectivity index (χ3v) is 3.71. The molecule has 0 unspecified atom stereocenters. The zero-order chi connectivity index (χ0) is 14.7. The van der Waals surface area contributed by atoms with E-state index in [-0.39, 0.29) is 11.4 Å². The maximum absolute atomic E-state index is 11.8. The summed E-state index contributed by atoms with van der Waals surface area (Å²) >= 11 is 1.00. The Hall–Kier alpha value is -2.02. The van der Waals surface area contributed by atoms with Gasteiger partial charge in [0.05, 0.1) is 11.4 Å². The summed E-state index contributed by atoms with van der Waals surface area (Å²) < 4.78 is 1.37. The Morgan fingerprint density at radius 1 is 1.40 bits per heavy atom.